The number of carbonyl (C=O) groups is 1. The quantitative estimate of drug-likeness (QED) is 0.608. The van der Waals surface area contributed by atoms with Gasteiger partial charge in [-0.1, -0.05) is 36.4 Å². The monoisotopic (exact) mass is 452 g/mol. The summed E-state index contributed by atoms with van der Waals surface area (Å²) < 4.78 is 52.2. The number of hydrogen-bond donors (Lipinski definition) is 2. The van der Waals surface area contributed by atoms with Crippen molar-refractivity contribution in [3.8, 4) is 0 Å². The Kier molecular flexibility index (Phi) is 7.79. The number of benzene rings is 2. The molecule has 0 unspecified atom stereocenters. The van der Waals surface area contributed by atoms with Crippen LogP contribution >= 0.6 is 0 Å². The topological polar surface area (TPSA) is 109 Å². The number of amides is 1. The highest BCUT2D eigenvalue weighted by molar-refractivity contribution is 7.92. The molecule has 0 aromatic heterocycles. The SMILES string of the molecule is CC(C)NS(=O)(=O)Cc1ccccc1CNC(=O)c1ccccc1S(=O)(=O)C(C)C. The van der Waals surface area contributed by atoms with E-state index in [2.05, 4.69) is 10.0 Å². The second-order valence-corrected chi connectivity index (χ2v) is 11.8. The van der Waals surface area contributed by atoms with E-state index < -0.39 is 31.0 Å². The van der Waals surface area contributed by atoms with Crippen LogP contribution in [0.25, 0.3) is 0 Å². The molecule has 164 valence electrons. The molecule has 2 N–H and O–H groups in total. The lowest BCUT2D eigenvalue weighted by atomic mass is 10.1. The van der Waals surface area contributed by atoms with Crippen molar-refractivity contribution in [3.63, 3.8) is 0 Å². The van der Waals surface area contributed by atoms with Gasteiger partial charge in [-0.25, -0.2) is 21.6 Å². The molecule has 0 atom stereocenters. The Hall–Kier alpha value is -2.23. The third-order valence-electron chi connectivity index (χ3n) is 4.38. The summed E-state index contributed by atoms with van der Waals surface area (Å²) in [6, 6.07) is 12.8. The number of nitrogens with one attached hydrogen (secondary N) is 2. The van der Waals surface area contributed by atoms with Crippen LogP contribution in [0.1, 0.15) is 49.2 Å². The van der Waals surface area contributed by atoms with Crippen molar-refractivity contribution in [2.45, 2.75) is 56.2 Å². The van der Waals surface area contributed by atoms with Gasteiger partial charge in [-0.2, -0.15) is 0 Å². The standard InChI is InChI=1S/C21H28N2O5S2/c1-15(2)23-29(25,26)14-18-10-6-5-9-17(18)13-22-21(24)19-11-7-8-12-20(19)30(27,28)16(3)4/h5-12,15-16,23H,13-14H2,1-4H3,(H,22,24). The van der Waals surface area contributed by atoms with E-state index in [1.165, 1.54) is 12.1 Å². The number of hydrogen-bond acceptors (Lipinski definition) is 5. The van der Waals surface area contributed by atoms with Gasteiger partial charge in [0.25, 0.3) is 5.91 Å². The zero-order valence-electron chi connectivity index (χ0n) is 17.5. The predicted octanol–water partition coefficient (Wildman–Crippen LogP) is 2.63. The molecule has 0 aliphatic carbocycles. The summed E-state index contributed by atoms with van der Waals surface area (Å²) in [6.07, 6.45) is 0. The van der Waals surface area contributed by atoms with Crippen LogP contribution in [0.5, 0.6) is 0 Å². The first-order chi connectivity index (χ1) is 13.9. The second-order valence-electron chi connectivity index (χ2n) is 7.57. The molecule has 0 fully saturated rings. The van der Waals surface area contributed by atoms with E-state index in [0.717, 1.165) is 0 Å². The van der Waals surface area contributed by atoms with Crippen LogP contribution in [0.15, 0.2) is 53.4 Å². The lowest BCUT2D eigenvalue weighted by molar-refractivity contribution is 0.0947. The molecule has 0 saturated heterocycles. The summed E-state index contributed by atoms with van der Waals surface area (Å²) >= 11 is 0. The molecule has 7 nitrogen and oxygen atoms in total. The van der Waals surface area contributed by atoms with Crippen molar-refractivity contribution in [2.75, 3.05) is 0 Å². The number of sulfone groups is 1. The van der Waals surface area contributed by atoms with Crippen LogP contribution in [0.2, 0.25) is 0 Å². The molecular weight excluding hydrogens is 424 g/mol. The van der Waals surface area contributed by atoms with Gasteiger partial charge in [0, 0.05) is 12.6 Å². The second kappa shape index (κ2) is 9.72. The van der Waals surface area contributed by atoms with Crippen LogP contribution in [0.3, 0.4) is 0 Å². The van der Waals surface area contributed by atoms with Crippen molar-refractivity contribution < 1.29 is 21.6 Å². The highest BCUT2D eigenvalue weighted by Gasteiger charge is 2.25. The van der Waals surface area contributed by atoms with E-state index in [0.29, 0.717) is 11.1 Å². The summed E-state index contributed by atoms with van der Waals surface area (Å²) in [6.45, 7) is 6.68. The van der Waals surface area contributed by atoms with Crippen molar-refractivity contribution in [2.24, 2.45) is 0 Å². The Morgan fingerprint density at radius 3 is 2.03 bits per heavy atom. The first-order valence-corrected chi connectivity index (χ1v) is 12.8. The van der Waals surface area contributed by atoms with Crippen LogP contribution in [0.4, 0.5) is 0 Å². The highest BCUT2D eigenvalue weighted by atomic mass is 32.2. The Morgan fingerprint density at radius 1 is 0.867 bits per heavy atom. The Labute approximate surface area is 178 Å². The Morgan fingerprint density at radius 2 is 1.43 bits per heavy atom. The number of rotatable bonds is 9. The molecule has 2 aromatic carbocycles. The summed E-state index contributed by atoms with van der Waals surface area (Å²) in [7, 11) is -7.15. The van der Waals surface area contributed by atoms with Gasteiger partial charge in [0.15, 0.2) is 9.84 Å². The highest BCUT2D eigenvalue weighted by Crippen LogP contribution is 2.21. The minimum Gasteiger partial charge on any atom is -0.348 e. The van der Waals surface area contributed by atoms with Gasteiger partial charge in [0.2, 0.25) is 10.0 Å². The summed E-state index contributed by atoms with van der Waals surface area (Å²) in [5, 5.41) is 2.05. The Balaban J connectivity index is 2.23. The first kappa shape index (κ1) is 24.0. The van der Waals surface area contributed by atoms with Gasteiger partial charge >= 0.3 is 0 Å². The van der Waals surface area contributed by atoms with E-state index >= 15 is 0 Å². The van der Waals surface area contributed by atoms with E-state index in [1.54, 1.807) is 64.1 Å². The minimum absolute atomic E-state index is 0.0190. The predicted molar refractivity (Wildman–Crippen MR) is 117 cm³/mol. The molecule has 0 radical (unpaired) electrons. The van der Waals surface area contributed by atoms with Gasteiger partial charge in [-0.05, 0) is 51.0 Å². The van der Waals surface area contributed by atoms with Crippen LogP contribution in [-0.2, 0) is 32.2 Å². The van der Waals surface area contributed by atoms with Gasteiger partial charge < -0.3 is 5.32 Å². The van der Waals surface area contributed by atoms with E-state index in [9.17, 15) is 21.6 Å². The zero-order valence-corrected chi connectivity index (χ0v) is 19.2. The lowest BCUT2D eigenvalue weighted by Gasteiger charge is -2.15. The van der Waals surface area contributed by atoms with Crippen molar-refractivity contribution in [1.82, 2.24) is 10.0 Å². The van der Waals surface area contributed by atoms with E-state index in [1.807, 2.05) is 0 Å². The number of sulfonamides is 1. The molecule has 0 aliphatic rings. The molecule has 1 amide bonds. The normalized spacial score (nSPS) is 12.3. The lowest BCUT2D eigenvalue weighted by Crippen LogP contribution is -2.32. The van der Waals surface area contributed by atoms with Crippen molar-refractivity contribution in [3.05, 3.63) is 65.2 Å². The molecule has 0 bridgehead atoms. The molecular formula is C21H28N2O5S2. The maximum atomic E-state index is 12.7. The van der Waals surface area contributed by atoms with Crippen molar-refractivity contribution in [1.29, 1.82) is 0 Å². The smallest absolute Gasteiger partial charge is 0.252 e. The average molecular weight is 453 g/mol. The van der Waals surface area contributed by atoms with Gasteiger partial charge in [0.1, 0.15) is 0 Å². The summed E-state index contributed by atoms with van der Waals surface area (Å²) in [5.74, 6) is -0.747. The van der Waals surface area contributed by atoms with Gasteiger partial charge in [0.05, 0.1) is 21.5 Å². The fourth-order valence-corrected chi connectivity index (χ4v) is 5.64. The summed E-state index contributed by atoms with van der Waals surface area (Å²) in [5.41, 5.74) is 1.27. The van der Waals surface area contributed by atoms with Gasteiger partial charge in [-0.15, -0.1) is 0 Å². The fourth-order valence-electron chi connectivity index (χ4n) is 2.90. The van der Waals surface area contributed by atoms with Crippen LogP contribution < -0.4 is 10.0 Å². The third-order valence-corrected chi connectivity index (χ3v) is 8.11. The average Bonchev–Trinajstić information content (AvgIpc) is 2.65. The largest absolute Gasteiger partial charge is 0.348 e. The van der Waals surface area contributed by atoms with E-state index in [4.69, 9.17) is 0 Å². The Bertz CT molecular complexity index is 1110. The van der Waals surface area contributed by atoms with Crippen molar-refractivity contribution >= 4 is 25.8 Å². The molecule has 0 heterocycles. The molecule has 0 aliphatic heterocycles. The first-order valence-electron chi connectivity index (χ1n) is 9.62. The fraction of sp³-hybridized carbons (Fsp3) is 0.381. The molecule has 2 rings (SSSR count). The maximum absolute atomic E-state index is 12.7. The van der Waals surface area contributed by atoms with Crippen LogP contribution in [0, 0.1) is 0 Å². The third kappa shape index (κ3) is 6.13. The zero-order chi connectivity index (χ0) is 22.5. The molecule has 0 saturated carbocycles. The maximum Gasteiger partial charge on any atom is 0.252 e. The van der Waals surface area contributed by atoms with Gasteiger partial charge in [-0.3, -0.25) is 4.79 Å². The molecule has 9 heteroatoms. The molecule has 0 spiro atoms. The minimum atomic E-state index is -3.63. The summed E-state index contributed by atoms with van der Waals surface area (Å²) in [4.78, 5) is 12.7. The molecule has 2 aromatic rings. The number of carbonyl (C=O) groups excluding carboxylic acids is 1. The van der Waals surface area contributed by atoms with E-state index in [-0.39, 0.29) is 28.8 Å². The van der Waals surface area contributed by atoms with Crippen LogP contribution in [-0.4, -0.2) is 34.0 Å². The molecule has 30 heavy (non-hydrogen) atoms.